The van der Waals surface area contributed by atoms with Crippen LogP contribution in [0.3, 0.4) is 0 Å². The maximum Gasteiger partial charge on any atom is 0.455 e. The summed E-state index contributed by atoms with van der Waals surface area (Å²) in [7, 11) is 0. The van der Waals surface area contributed by atoms with Crippen molar-refractivity contribution < 1.29 is 22.0 Å². The van der Waals surface area contributed by atoms with Crippen LogP contribution in [0.1, 0.15) is 11.6 Å². The lowest BCUT2D eigenvalue weighted by atomic mass is 10.0. The lowest BCUT2D eigenvalue weighted by molar-refractivity contribution is -0.291. The molecule has 1 aromatic rings. The summed E-state index contributed by atoms with van der Waals surface area (Å²) < 4.78 is 62.1. The van der Waals surface area contributed by atoms with E-state index in [1.165, 1.54) is 18.2 Å². The lowest BCUT2D eigenvalue weighted by Gasteiger charge is -2.26. The molecule has 1 atom stereocenters. The first-order valence-electron chi connectivity index (χ1n) is 4.12. The van der Waals surface area contributed by atoms with E-state index in [0.717, 1.165) is 6.07 Å². The summed E-state index contributed by atoms with van der Waals surface area (Å²) in [4.78, 5) is 0. The van der Waals surface area contributed by atoms with Gasteiger partial charge < -0.3 is 5.73 Å². The van der Waals surface area contributed by atoms with E-state index in [1.807, 2.05) is 0 Å². The first kappa shape index (κ1) is 13.4. The Morgan fingerprint density at radius 3 is 2.00 bits per heavy atom. The van der Waals surface area contributed by atoms with Crippen molar-refractivity contribution in [2.24, 2.45) is 5.73 Å². The zero-order valence-electron chi connectivity index (χ0n) is 7.73. The number of nitrogens with two attached hydrogens (primary N) is 1. The second-order valence-corrected chi connectivity index (χ2v) is 3.97. The van der Waals surface area contributed by atoms with Gasteiger partial charge in [-0.1, -0.05) is 34.1 Å². The molecule has 1 nitrogen and oxygen atoms in total. The molecule has 1 rings (SSSR count). The Bertz CT molecular complexity index is 376. The Hall–Kier alpha value is -0.690. The first-order valence-corrected chi connectivity index (χ1v) is 4.91. The van der Waals surface area contributed by atoms with E-state index in [4.69, 9.17) is 5.73 Å². The van der Waals surface area contributed by atoms with Gasteiger partial charge >= 0.3 is 12.1 Å². The molecule has 0 fully saturated rings. The summed E-state index contributed by atoms with van der Waals surface area (Å²) in [6.45, 7) is 0. The van der Waals surface area contributed by atoms with E-state index < -0.39 is 18.1 Å². The van der Waals surface area contributed by atoms with Crippen LogP contribution in [-0.4, -0.2) is 12.1 Å². The fraction of sp³-hybridized carbons (Fsp3) is 0.333. The van der Waals surface area contributed by atoms with Gasteiger partial charge in [-0.15, -0.1) is 0 Å². The highest BCUT2D eigenvalue weighted by Crippen LogP contribution is 2.44. The topological polar surface area (TPSA) is 26.0 Å². The van der Waals surface area contributed by atoms with Crippen LogP contribution in [-0.2, 0) is 0 Å². The highest BCUT2D eigenvalue weighted by molar-refractivity contribution is 9.10. The fourth-order valence-electron chi connectivity index (χ4n) is 1.10. The molecule has 0 aliphatic rings. The van der Waals surface area contributed by atoms with Crippen LogP contribution < -0.4 is 5.73 Å². The number of alkyl halides is 5. The maximum atomic E-state index is 12.9. The molecule has 90 valence electrons. The molecule has 0 aliphatic carbocycles. The zero-order valence-corrected chi connectivity index (χ0v) is 9.32. The molecular formula is C9H7BrF5N. The number of hydrogen-bond donors (Lipinski definition) is 1. The normalized spacial score (nSPS) is 14.9. The summed E-state index contributed by atoms with van der Waals surface area (Å²) in [5.41, 5.74) is 4.67. The Morgan fingerprint density at radius 2 is 1.56 bits per heavy atom. The van der Waals surface area contributed by atoms with Crippen molar-refractivity contribution in [2.45, 2.75) is 18.1 Å². The summed E-state index contributed by atoms with van der Waals surface area (Å²) >= 11 is 2.88. The molecule has 0 bridgehead atoms. The van der Waals surface area contributed by atoms with E-state index >= 15 is 0 Å². The summed E-state index contributed by atoms with van der Waals surface area (Å²) in [5, 5.41) is 0. The van der Waals surface area contributed by atoms with Gasteiger partial charge in [-0.3, -0.25) is 0 Å². The van der Waals surface area contributed by atoms with Crippen LogP contribution in [0, 0.1) is 0 Å². The Labute approximate surface area is 96.6 Å². The van der Waals surface area contributed by atoms with Crippen LogP contribution in [0.15, 0.2) is 28.7 Å². The molecule has 0 aromatic heterocycles. The van der Waals surface area contributed by atoms with Gasteiger partial charge in [0, 0.05) is 4.47 Å². The van der Waals surface area contributed by atoms with Crippen molar-refractivity contribution in [1.82, 2.24) is 0 Å². The molecule has 7 heteroatoms. The molecule has 2 N–H and O–H groups in total. The average molecular weight is 304 g/mol. The average Bonchev–Trinajstić information content (AvgIpc) is 2.15. The van der Waals surface area contributed by atoms with Crippen molar-refractivity contribution in [3.63, 3.8) is 0 Å². The Balaban J connectivity index is 3.12. The van der Waals surface area contributed by atoms with Crippen molar-refractivity contribution in [3.8, 4) is 0 Å². The minimum Gasteiger partial charge on any atom is -0.319 e. The highest BCUT2D eigenvalue weighted by atomic mass is 79.9. The molecule has 16 heavy (non-hydrogen) atoms. The van der Waals surface area contributed by atoms with Crippen LogP contribution >= 0.6 is 15.9 Å². The smallest absolute Gasteiger partial charge is 0.319 e. The SMILES string of the molecule is N[C@H](c1ccccc1Br)C(F)(F)C(F)(F)F. The van der Waals surface area contributed by atoms with Gasteiger partial charge in [0.25, 0.3) is 0 Å². The second kappa shape index (κ2) is 4.29. The molecule has 1 aromatic carbocycles. The van der Waals surface area contributed by atoms with E-state index in [2.05, 4.69) is 15.9 Å². The molecule has 0 aliphatic heterocycles. The van der Waals surface area contributed by atoms with Crippen LogP contribution in [0.25, 0.3) is 0 Å². The van der Waals surface area contributed by atoms with E-state index in [1.54, 1.807) is 0 Å². The van der Waals surface area contributed by atoms with Gasteiger partial charge in [0.1, 0.15) is 6.04 Å². The predicted octanol–water partition coefficient (Wildman–Crippen LogP) is 3.65. The van der Waals surface area contributed by atoms with Crippen LogP contribution in [0.5, 0.6) is 0 Å². The molecule has 0 unspecified atom stereocenters. The number of benzene rings is 1. The fourth-order valence-corrected chi connectivity index (χ4v) is 1.63. The van der Waals surface area contributed by atoms with Crippen molar-refractivity contribution in [2.75, 3.05) is 0 Å². The molecule has 0 saturated heterocycles. The third-order valence-electron chi connectivity index (χ3n) is 2.01. The number of halogens is 6. The van der Waals surface area contributed by atoms with Crippen molar-refractivity contribution in [3.05, 3.63) is 34.3 Å². The molecular weight excluding hydrogens is 297 g/mol. The van der Waals surface area contributed by atoms with Gasteiger partial charge in [-0.2, -0.15) is 22.0 Å². The monoisotopic (exact) mass is 303 g/mol. The van der Waals surface area contributed by atoms with Crippen molar-refractivity contribution >= 4 is 15.9 Å². The zero-order chi connectivity index (χ0) is 12.6. The Morgan fingerprint density at radius 1 is 1.06 bits per heavy atom. The van der Waals surface area contributed by atoms with Crippen molar-refractivity contribution in [1.29, 1.82) is 0 Å². The van der Waals surface area contributed by atoms with Gasteiger partial charge in [-0.05, 0) is 11.6 Å². The van der Waals surface area contributed by atoms with Gasteiger partial charge in [0.05, 0.1) is 0 Å². The number of rotatable bonds is 2. The van der Waals surface area contributed by atoms with Crippen LogP contribution in [0.4, 0.5) is 22.0 Å². The molecule has 0 amide bonds. The second-order valence-electron chi connectivity index (χ2n) is 3.12. The van der Waals surface area contributed by atoms with E-state index in [0.29, 0.717) is 0 Å². The maximum absolute atomic E-state index is 12.9. The number of hydrogen-bond acceptors (Lipinski definition) is 1. The van der Waals surface area contributed by atoms with E-state index in [9.17, 15) is 22.0 Å². The third kappa shape index (κ3) is 2.35. The summed E-state index contributed by atoms with van der Waals surface area (Å²) in [6.07, 6.45) is -5.66. The summed E-state index contributed by atoms with van der Waals surface area (Å²) in [5.74, 6) is -4.96. The van der Waals surface area contributed by atoms with Gasteiger partial charge in [0.15, 0.2) is 0 Å². The Kier molecular flexibility index (Phi) is 3.59. The largest absolute Gasteiger partial charge is 0.455 e. The van der Waals surface area contributed by atoms with E-state index in [-0.39, 0.29) is 10.0 Å². The minimum atomic E-state index is -5.66. The third-order valence-corrected chi connectivity index (χ3v) is 2.73. The summed E-state index contributed by atoms with van der Waals surface area (Å²) in [6, 6.07) is 2.87. The highest BCUT2D eigenvalue weighted by Gasteiger charge is 2.61. The standard InChI is InChI=1S/C9H7BrF5N/c10-6-4-2-1-3-5(6)7(16)8(11,12)9(13,14)15/h1-4,7H,16H2/t7-/m1/s1. The predicted molar refractivity (Wildman–Crippen MR) is 52.1 cm³/mol. The first-order chi connectivity index (χ1) is 7.18. The van der Waals surface area contributed by atoms with Gasteiger partial charge in [0.2, 0.25) is 0 Å². The molecule has 0 saturated carbocycles. The van der Waals surface area contributed by atoms with Gasteiger partial charge in [-0.25, -0.2) is 0 Å². The molecule has 0 spiro atoms. The quantitative estimate of drug-likeness (QED) is 0.829. The minimum absolute atomic E-state index is 0.117. The lowest BCUT2D eigenvalue weighted by Crippen LogP contribution is -2.45. The molecule has 0 heterocycles. The van der Waals surface area contributed by atoms with Crippen LogP contribution in [0.2, 0.25) is 0 Å². The molecule has 0 radical (unpaired) electrons.